The van der Waals surface area contributed by atoms with Crippen LogP contribution >= 0.6 is 11.3 Å². The summed E-state index contributed by atoms with van der Waals surface area (Å²) in [5.74, 6) is -6.55. The van der Waals surface area contributed by atoms with Gasteiger partial charge in [-0.25, -0.2) is 0 Å². The summed E-state index contributed by atoms with van der Waals surface area (Å²) in [6.07, 6.45) is 0.319. The molecule has 2 aromatic rings. The molecule has 1 fully saturated rings. The Morgan fingerprint density at radius 2 is 1.83 bits per heavy atom. The van der Waals surface area contributed by atoms with E-state index in [0.29, 0.717) is 5.56 Å². The molecule has 1 aromatic carbocycles. The first kappa shape index (κ1) is 24.2. The van der Waals surface area contributed by atoms with Crippen LogP contribution in [0.1, 0.15) is 22.4 Å². The highest BCUT2D eigenvalue weighted by molar-refractivity contribution is 7.15. The van der Waals surface area contributed by atoms with E-state index in [-0.39, 0.29) is 29.7 Å². The number of aliphatic hydroxyl groups is 3. The predicted molar refractivity (Wildman–Crippen MR) is 132 cm³/mol. The van der Waals surface area contributed by atoms with Crippen molar-refractivity contribution in [1.82, 2.24) is 4.90 Å². The summed E-state index contributed by atoms with van der Waals surface area (Å²) in [4.78, 5) is 42.5. The number of hydrogen-bond acceptors (Lipinski definition) is 9. The number of nitrogens with two attached hydrogens (primary N) is 1. The molecule has 4 atom stereocenters. The van der Waals surface area contributed by atoms with E-state index in [0.717, 1.165) is 15.3 Å². The van der Waals surface area contributed by atoms with Crippen molar-refractivity contribution in [3.63, 3.8) is 0 Å². The molecule has 1 saturated carbocycles. The smallest absolute Gasteiger partial charge is 0.255 e. The van der Waals surface area contributed by atoms with Gasteiger partial charge in [-0.15, -0.1) is 11.3 Å². The van der Waals surface area contributed by atoms with Gasteiger partial charge in [0.05, 0.1) is 11.6 Å². The number of carbonyl (C=O) groups excluding carboxylic acids is 3. The molecule has 0 saturated heterocycles. The molecule has 0 unspecified atom stereocenters. The summed E-state index contributed by atoms with van der Waals surface area (Å²) in [6, 6.07) is 6.01. The molecule has 0 aliphatic heterocycles. The number of fused-ring (bicyclic) bond motifs is 3. The minimum atomic E-state index is -2.64. The van der Waals surface area contributed by atoms with Crippen LogP contribution in [0.2, 0.25) is 0 Å². The lowest BCUT2D eigenvalue weighted by Crippen LogP contribution is -2.65. The number of likely N-dealkylation sites (N-methyl/N-ethyl adjacent to an activating group) is 1. The fourth-order valence-electron chi connectivity index (χ4n) is 6.05. The Kier molecular flexibility index (Phi) is 5.40. The summed E-state index contributed by atoms with van der Waals surface area (Å²) in [6.45, 7) is 1.97. The Morgan fingerprint density at radius 1 is 1.14 bits per heavy atom. The maximum Gasteiger partial charge on any atom is 0.255 e. The van der Waals surface area contributed by atoms with Crippen LogP contribution in [-0.4, -0.2) is 68.5 Å². The zero-order chi connectivity index (χ0) is 26.3. The molecule has 1 heterocycles. The number of Topliss-reactive ketones (excluding diaryl/α,β-unsaturated/α-hetero) is 2. The molecule has 3 aliphatic rings. The number of aromatic hydroxyl groups is 1. The van der Waals surface area contributed by atoms with Gasteiger partial charge >= 0.3 is 0 Å². The zero-order valence-electron chi connectivity index (χ0n) is 19.9. The molecule has 9 nitrogen and oxygen atoms in total. The molecule has 1 amide bonds. The molecule has 36 heavy (non-hydrogen) atoms. The lowest BCUT2D eigenvalue weighted by molar-refractivity contribution is -0.153. The van der Waals surface area contributed by atoms with E-state index >= 15 is 0 Å². The normalized spacial score (nSPS) is 27.8. The summed E-state index contributed by atoms with van der Waals surface area (Å²) in [5.41, 5.74) is 3.28. The Hall–Kier alpha value is -3.47. The number of primary amides is 1. The number of carbonyl (C=O) groups is 3. The maximum atomic E-state index is 13.8. The predicted octanol–water partition coefficient (Wildman–Crippen LogP) is 2.00. The van der Waals surface area contributed by atoms with Gasteiger partial charge in [0.2, 0.25) is 5.78 Å². The van der Waals surface area contributed by atoms with Gasteiger partial charge in [0.25, 0.3) is 5.91 Å². The van der Waals surface area contributed by atoms with E-state index < -0.39 is 58.0 Å². The van der Waals surface area contributed by atoms with Crippen LogP contribution in [0.4, 0.5) is 0 Å². The topological polar surface area (TPSA) is 161 Å². The van der Waals surface area contributed by atoms with Crippen molar-refractivity contribution in [3.8, 4) is 16.2 Å². The van der Waals surface area contributed by atoms with Crippen molar-refractivity contribution in [2.45, 2.75) is 31.4 Å². The fourth-order valence-corrected chi connectivity index (χ4v) is 6.97. The number of hydrogen-bond donors (Lipinski definition) is 5. The summed E-state index contributed by atoms with van der Waals surface area (Å²) < 4.78 is 0. The molecule has 10 heteroatoms. The van der Waals surface area contributed by atoms with E-state index in [2.05, 4.69) is 0 Å². The van der Waals surface area contributed by atoms with Crippen molar-refractivity contribution in [3.05, 3.63) is 57.2 Å². The number of aryl methyl sites for hydroxylation is 1. The highest BCUT2D eigenvalue weighted by Gasteiger charge is 2.64. The van der Waals surface area contributed by atoms with Crippen LogP contribution in [-0.2, 0) is 20.8 Å². The number of amides is 1. The summed E-state index contributed by atoms with van der Waals surface area (Å²) >= 11 is 1.56. The average molecular weight is 511 g/mol. The third-order valence-corrected chi connectivity index (χ3v) is 8.64. The molecule has 188 valence electrons. The van der Waals surface area contributed by atoms with Gasteiger partial charge in [0.1, 0.15) is 22.8 Å². The first-order chi connectivity index (χ1) is 16.9. The van der Waals surface area contributed by atoms with Crippen molar-refractivity contribution < 1.29 is 34.8 Å². The highest BCUT2D eigenvalue weighted by Crippen LogP contribution is 2.53. The number of aliphatic hydroxyl groups excluding tert-OH is 2. The number of phenols is 1. The second-order valence-corrected chi connectivity index (χ2v) is 11.1. The minimum Gasteiger partial charge on any atom is -0.508 e. The minimum absolute atomic E-state index is 0.0598. The number of thiophene rings is 1. The molecule has 1 aromatic heterocycles. The van der Waals surface area contributed by atoms with Crippen molar-refractivity contribution >= 4 is 34.6 Å². The van der Waals surface area contributed by atoms with Gasteiger partial charge in [0, 0.05) is 21.2 Å². The van der Waals surface area contributed by atoms with E-state index in [1.54, 1.807) is 31.5 Å². The molecule has 0 bridgehead atoms. The lowest BCUT2D eigenvalue weighted by Gasteiger charge is -2.50. The van der Waals surface area contributed by atoms with Crippen LogP contribution in [0.15, 0.2) is 41.2 Å². The van der Waals surface area contributed by atoms with Gasteiger partial charge < -0.3 is 26.2 Å². The first-order valence-electron chi connectivity index (χ1n) is 11.5. The van der Waals surface area contributed by atoms with Crippen LogP contribution in [0.5, 0.6) is 5.75 Å². The fraction of sp³-hybridized carbons (Fsp3) is 0.346. The molecular weight excluding hydrogens is 484 g/mol. The van der Waals surface area contributed by atoms with E-state index in [9.17, 15) is 34.8 Å². The first-order valence-corrected chi connectivity index (χ1v) is 12.3. The van der Waals surface area contributed by atoms with Crippen molar-refractivity contribution in [1.29, 1.82) is 0 Å². The number of ketones is 2. The van der Waals surface area contributed by atoms with Crippen LogP contribution in [0.25, 0.3) is 16.2 Å². The monoisotopic (exact) mass is 510 g/mol. The van der Waals surface area contributed by atoms with Crippen LogP contribution in [0.3, 0.4) is 0 Å². The zero-order valence-corrected chi connectivity index (χ0v) is 20.7. The Morgan fingerprint density at radius 3 is 2.42 bits per heavy atom. The van der Waals surface area contributed by atoms with Gasteiger partial charge in [-0.1, -0.05) is 0 Å². The SMILES string of the molecule is Cc1ccc(-c2ccc(O)c3c2C[C@@H]2C[C@@H]4[C@@H](N(C)C)C(=O)C(C(N)=O)=C(O)[C@]4(O)C(=O)C2=C3O)s1. The molecule has 0 radical (unpaired) electrons. The highest BCUT2D eigenvalue weighted by atomic mass is 32.1. The Labute approximate surface area is 210 Å². The third kappa shape index (κ3) is 3.11. The number of nitrogens with zero attached hydrogens (tertiary/aromatic N) is 1. The quantitative estimate of drug-likeness (QED) is 0.392. The van der Waals surface area contributed by atoms with Crippen LogP contribution in [0, 0.1) is 18.8 Å². The molecule has 3 aliphatic carbocycles. The third-order valence-electron chi connectivity index (χ3n) is 7.61. The largest absolute Gasteiger partial charge is 0.508 e. The number of benzene rings is 1. The van der Waals surface area contributed by atoms with Gasteiger partial charge in [0.15, 0.2) is 11.4 Å². The maximum absolute atomic E-state index is 13.8. The van der Waals surface area contributed by atoms with E-state index in [4.69, 9.17) is 5.73 Å². The van der Waals surface area contributed by atoms with Crippen LogP contribution < -0.4 is 5.73 Å². The van der Waals surface area contributed by atoms with Crippen molar-refractivity contribution in [2.75, 3.05) is 14.1 Å². The summed E-state index contributed by atoms with van der Waals surface area (Å²) in [7, 11) is 3.14. The van der Waals surface area contributed by atoms with Gasteiger partial charge in [-0.2, -0.15) is 0 Å². The van der Waals surface area contributed by atoms with E-state index in [1.165, 1.54) is 11.0 Å². The standard InChI is InChI=1S/C26H26N2O7S/c1-10-4-7-16(36-10)12-5-6-15(29)18-13(12)8-11-9-14-20(28(2)3)22(31)19(25(27)34)24(33)26(14,35)23(32)17(11)21(18)30/h4-7,11,14,20,29-30,33,35H,8-9H2,1-3H3,(H2,27,34)/t11-,14-,20-,26-/m1/s1. The van der Waals surface area contributed by atoms with E-state index in [1.807, 2.05) is 19.1 Å². The van der Waals surface area contributed by atoms with Crippen molar-refractivity contribution in [2.24, 2.45) is 17.6 Å². The van der Waals surface area contributed by atoms with Gasteiger partial charge in [-0.05, 0) is 75.2 Å². The lowest BCUT2D eigenvalue weighted by atomic mass is 9.57. The Bertz CT molecular complexity index is 1420. The Balaban J connectivity index is 1.75. The summed E-state index contributed by atoms with van der Waals surface area (Å²) in [5, 5.41) is 44.5. The molecule has 6 N–H and O–H groups in total. The van der Waals surface area contributed by atoms with Gasteiger partial charge in [-0.3, -0.25) is 19.3 Å². The average Bonchev–Trinajstić information content (AvgIpc) is 3.22. The second kappa shape index (κ2) is 8.02. The molecule has 5 rings (SSSR count). The molecular formula is C26H26N2O7S. The molecule has 0 spiro atoms. The second-order valence-electron chi connectivity index (χ2n) is 9.86. The number of phenolic OH excluding ortho intramolecular Hbond substituents is 1. The number of rotatable bonds is 3.